The Morgan fingerprint density at radius 3 is 2.28 bits per heavy atom. The normalized spacial score (nSPS) is 18.2. The fourth-order valence-electron chi connectivity index (χ4n) is 4.12. The summed E-state index contributed by atoms with van der Waals surface area (Å²) >= 11 is 0. The Morgan fingerprint density at radius 2 is 1.59 bits per heavy atom. The summed E-state index contributed by atoms with van der Waals surface area (Å²) in [7, 11) is 3.42. The fourth-order valence-corrected chi connectivity index (χ4v) is 4.12. The molecule has 0 radical (unpaired) electrons. The summed E-state index contributed by atoms with van der Waals surface area (Å²) in [6.07, 6.45) is 4.39. The molecule has 3 heterocycles. The lowest BCUT2D eigenvalue weighted by atomic mass is 10.1. The van der Waals surface area contributed by atoms with Gasteiger partial charge in [0.15, 0.2) is 0 Å². The molecule has 2 aliphatic heterocycles. The number of piperazine rings is 1. The van der Waals surface area contributed by atoms with Crippen LogP contribution >= 0.6 is 0 Å². The first kappa shape index (κ1) is 19.9. The summed E-state index contributed by atoms with van der Waals surface area (Å²) in [4.78, 5) is 16.5. The first-order chi connectivity index (χ1) is 14.2. The fraction of sp³-hybridized carbons (Fsp3) is 0.545. The second kappa shape index (κ2) is 9.41. The van der Waals surface area contributed by atoms with Crippen LogP contribution in [-0.2, 0) is 13.1 Å². The van der Waals surface area contributed by atoms with Gasteiger partial charge in [-0.05, 0) is 37.1 Å². The minimum absolute atomic E-state index is 0.872. The number of nitrogens with zero attached hydrogens (tertiary/aromatic N) is 5. The third-order valence-corrected chi connectivity index (χ3v) is 5.82. The van der Waals surface area contributed by atoms with E-state index in [2.05, 4.69) is 25.8 Å². The highest BCUT2D eigenvalue weighted by Gasteiger charge is 2.20. The van der Waals surface area contributed by atoms with Crippen molar-refractivity contribution < 1.29 is 9.47 Å². The van der Waals surface area contributed by atoms with E-state index < -0.39 is 0 Å². The van der Waals surface area contributed by atoms with Crippen LogP contribution in [0.2, 0.25) is 0 Å². The lowest BCUT2D eigenvalue weighted by molar-refractivity contribution is 0.120. The number of benzene rings is 1. The maximum absolute atomic E-state index is 5.53. The van der Waals surface area contributed by atoms with Crippen molar-refractivity contribution in [2.75, 3.05) is 58.4 Å². The average molecular weight is 398 g/mol. The Bertz CT molecular complexity index is 802. The molecule has 29 heavy (non-hydrogen) atoms. The van der Waals surface area contributed by atoms with E-state index in [-0.39, 0.29) is 0 Å². The monoisotopic (exact) mass is 397 g/mol. The van der Waals surface area contributed by atoms with Gasteiger partial charge in [-0.1, -0.05) is 0 Å². The van der Waals surface area contributed by atoms with E-state index in [4.69, 9.17) is 14.5 Å². The number of ether oxygens (including phenoxy) is 2. The molecule has 0 N–H and O–H groups in total. The van der Waals surface area contributed by atoms with Crippen LogP contribution in [0.5, 0.6) is 11.5 Å². The van der Waals surface area contributed by atoms with Crippen LogP contribution in [-0.4, -0.2) is 73.3 Å². The molecule has 2 saturated heterocycles. The molecular weight excluding hydrogens is 366 g/mol. The summed E-state index contributed by atoms with van der Waals surface area (Å²) in [5, 5.41) is 0. The van der Waals surface area contributed by atoms with Gasteiger partial charge in [-0.2, -0.15) is 0 Å². The molecule has 0 spiro atoms. The lowest BCUT2D eigenvalue weighted by Crippen LogP contribution is -2.45. The quantitative estimate of drug-likeness (QED) is 0.711. The van der Waals surface area contributed by atoms with E-state index in [1.54, 1.807) is 14.2 Å². The van der Waals surface area contributed by atoms with Gasteiger partial charge in [0.05, 0.1) is 19.9 Å². The number of methoxy groups -OCH3 is 2. The van der Waals surface area contributed by atoms with Gasteiger partial charge in [-0.3, -0.25) is 9.80 Å². The summed E-state index contributed by atoms with van der Waals surface area (Å²) in [5.74, 6) is 2.68. The molecule has 4 rings (SSSR count). The zero-order valence-corrected chi connectivity index (χ0v) is 17.5. The molecule has 0 aliphatic carbocycles. The Balaban J connectivity index is 1.31. The van der Waals surface area contributed by atoms with Gasteiger partial charge in [-0.25, -0.2) is 9.97 Å². The molecule has 1 aromatic carbocycles. The van der Waals surface area contributed by atoms with E-state index in [0.717, 1.165) is 75.5 Å². The van der Waals surface area contributed by atoms with E-state index in [1.807, 2.05) is 24.4 Å². The maximum Gasteiger partial charge on any atom is 0.225 e. The molecule has 1 aromatic heterocycles. The van der Waals surface area contributed by atoms with Gasteiger partial charge >= 0.3 is 0 Å². The van der Waals surface area contributed by atoms with Crippen molar-refractivity contribution in [3.05, 3.63) is 41.7 Å². The second-order valence-electron chi connectivity index (χ2n) is 7.77. The highest BCUT2D eigenvalue weighted by atomic mass is 16.5. The molecule has 156 valence electrons. The zero-order chi connectivity index (χ0) is 20.1. The van der Waals surface area contributed by atoms with Crippen molar-refractivity contribution in [1.29, 1.82) is 0 Å². The maximum atomic E-state index is 5.53. The summed E-state index contributed by atoms with van der Waals surface area (Å²) in [6, 6.07) is 8.05. The molecule has 2 fully saturated rings. The van der Waals surface area contributed by atoms with Crippen LogP contribution in [0.3, 0.4) is 0 Å². The molecule has 0 bridgehead atoms. The average Bonchev–Trinajstić information content (AvgIpc) is 3.30. The number of rotatable bonds is 7. The first-order valence-corrected chi connectivity index (χ1v) is 10.5. The zero-order valence-electron chi connectivity index (χ0n) is 17.5. The Kier molecular flexibility index (Phi) is 6.46. The van der Waals surface area contributed by atoms with Crippen molar-refractivity contribution in [3.8, 4) is 11.5 Å². The first-order valence-electron chi connectivity index (χ1n) is 10.5. The highest BCUT2D eigenvalue weighted by Crippen LogP contribution is 2.26. The van der Waals surface area contributed by atoms with Crippen LogP contribution in [0, 0.1) is 0 Å². The van der Waals surface area contributed by atoms with Gasteiger partial charge in [-0.15, -0.1) is 0 Å². The van der Waals surface area contributed by atoms with Crippen molar-refractivity contribution in [2.45, 2.75) is 25.9 Å². The Morgan fingerprint density at radius 1 is 0.862 bits per heavy atom. The van der Waals surface area contributed by atoms with Crippen molar-refractivity contribution in [3.63, 3.8) is 0 Å². The SMILES string of the molecule is COc1ccc(OC)c(CN2CCN(Cc3ccnc(N4CCCC4)n3)CC2)c1. The van der Waals surface area contributed by atoms with Crippen molar-refractivity contribution in [1.82, 2.24) is 19.8 Å². The smallest absolute Gasteiger partial charge is 0.225 e. The minimum atomic E-state index is 0.872. The lowest BCUT2D eigenvalue weighted by Gasteiger charge is -2.34. The molecule has 0 unspecified atom stereocenters. The van der Waals surface area contributed by atoms with Crippen molar-refractivity contribution >= 4 is 5.95 Å². The van der Waals surface area contributed by atoms with Crippen LogP contribution in [0.15, 0.2) is 30.5 Å². The number of hydrogen-bond acceptors (Lipinski definition) is 7. The van der Waals surface area contributed by atoms with Gasteiger partial charge in [0.2, 0.25) is 5.95 Å². The topological polar surface area (TPSA) is 54.0 Å². The number of aromatic nitrogens is 2. The highest BCUT2D eigenvalue weighted by molar-refractivity contribution is 5.40. The summed E-state index contributed by atoms with van der Waals surface area (Å²) < 4.78 is 10.9. The third kappa shape index (κ3) is 4.97. The van der Waals surface area contributed by atoms with Gasteiger partial charge in [0.1, 0.15) is 11.5 Å². The van der Waals surface area contributed by atoms with Crippen LogP contribution < -0.4 is 14.4 Å². The Labute approximate surface area is 173 Å². The molecular formula is C22H31N5O2. The summed E-state index contributed by atoms with van der Waals surface area (Å²) in [6.45, 7) is 8.06. The molecule has 7 nitrogen and oxygen atoms in total. The van der Waals surface area contributed by atoms with Gasteiger partial charge in [0.25, 0.3) is 0 Å². The molecule has 2 aliphatic rings. The van der Waals surface area contributed by atoms with E-state index >= 15 is 0 Å². The van der Waals surface area contributed by atoms with E-state index in [0.29, 0.717) is 0 Å². The predicted molar refractivity (Wildman–Crippen MR) is 114 cm³/mol. The predicted octanol–water partition coefficient (Wildman–Crippen LogP) is 2.41. The van der Waals surface area contributed by atoms with Gasteiger partial charge in [0, 0.05) is 64.1 Å². The van der Waals surface area contributed by atoms with Crippen molar-refractivity contribution in [2.24, 2.45) is 0 Å². The van der Waals surface area contributed by atoms with Crippen LogP contribution in [0.25, 0.3) is 0 Å². The molecule has 0 amide bonds. The third-order valence-electron chi connectivity index (χ3n) is 5.82. The molecule has 0 atom stereocenters. The summed E-state index contributed by atoms with van der Waals surface area (Å²) in [5.41, 5.74) is 2.29. The molecule has 7 heteroatoms. The molecule has 0 saturated carbocycles. The second-order valence-corrected chi connectivity index (χ2v) is 7.77. The van der Waals surface area contributed by atoms with Gasteiger partial charge < -0.3 is 14.4 Å². The number of anilines is 1. The standard InChI is InChI=1S/C22H31N5O2/c1-28-20-5-6-21(29-2)18(15-20)16-25-11-13-26(14-12-25)17-19-7-8-23-22(24-19)27-9-3-4-10-27/h5-8,15H,3-4,9-14,16-17H2,1-2H3. The van der Waals surface area contributed by atoms with E-state index in [1.165, 1.54) is 18.4 Å². The molecule has 2 aromatic rings. The van der Waals surface area contributed by atoms with E-state index in [9.17, 15) is 0 Å². The Hall–Kier alpha value is -2.38. The minimum Gasteiger partial charge on any atom is -0.497 e. The largest absolute Gasteiger partial charge is 0.497 e. The van der Waals surface area contributed by atoms with Crippen LogP contribution in [0.1, 0.15) is 24.1 Å². The number of hydrogen-bond donors (Lipinski definition) is 0. The van der Waals surface area contributed by atoms with Crippen LogP contribution in [0.4, 0.5) is 5.95 Å².